The Labute approximate surface area is 163 Å². The van der Waals surface area contributed by atoms with E-state index < -0.39 is 24.3 Å². The summed E-state index contributed by atoms with van der Waals surface area (Å²) in [5, 5.41) is 18.5. The van der Waals surface area contributed by atoms with Gasteiger partial charge in [0.1, 0.15) is 0 Å². The van der Waals surface area contributed by atoms with Crippen LogP contribution < -0.4 is 0 Å². The Kier molecular flexibility index (Phi) is 6.02. The van der Waals surface area contributed by atoms with Crippen LogP contribution in [0.25, 0.3) is 16.7 Å². The van der Waals surface area contributed by atoms with Crippen LogP contribution in [0.3, 0.4) is 0 Å². The molecule has 4 nitrogen and oxygen atoms in total. The molecular weight excluding hydrogens is 352 g/mol. The molecule has 4 heteroatoms. The van der Waals surface area contributed by atoms with Crippen LogP contribution in [-0.4, -0.2) is 22.2 Å². The van der Waals surface area contributed by atoms with Gasteiger partial charge in [0.15, 0.2) is 0 Å². The molecule has 0 saturated carbocycles. The van der Waals surface area contributed by atoms with E-state index in [0.717, 1.165) is 22.3 Å². The minimum atomic E-state index is -1.16. The third kappa shape index (κ3) is 4.74. The second kappa shape index (κ2) is 8.82. The van der Waals surface area contributed by atoms with Crippen molar-refractivity contribution in [1.82, 2.24) is 0 Å². The van der Waals surface area contributed by atoms with Gasteiger partial charge in [-0.1, -0.05) is 91.0 Å². The molecule has 1 unspecified atom stereocenters. The van der Waals surface area contributed by atoms with Crippen LogP contribution in [0.2, 0.25) is 0 Å². The average molecular weight is 372 g/mol. The van der Waals surface area contributed by atoms with E-state index in [1.165, 1.54) is 6.08 Å². The van der Waals surface area contributed by atoms with E-state index in [-0.39, 0.29) is 0 Å². The molecule has 3 aromatic rings. The third-order valence-electron chi connectivity index (χ3n) is 4.47. The first-order chi connectivity index (χ1) is 13.5. The Balaban J connectivity index is 2.03. The zero-order chi connectivity index (χ0) is 19.9. The molecule has 140 valence electrons. The lowest BCUT2D eigenvalue weighted by atomic mass is 9.91. The molecule has 0 saturated heterocycles. The smallest absolute Gasteiger partial charge is 0.310 e. The van der Waals surface area contributed by atoms with Crippen molar-refractivity contribution < 1.29 is 19.8 Å². The summed E-state index contributed by atoms with van der Waals surface area (Å²) in [6.45, 7) is 0. The van der Waals surface area contributed by atoms with Gasteiger partial charge in [0, 0.05) is 0 Å². The van der Waals surface area contributed by atoms with Crippen LogP contribution in [0, 0.1) is 5.92 Å². The van der Waals surface area contributed by atoms with Crippen molar-refractivity contribution in [3.8, 4) is 11.1 Å². The lowest BCUT2D eigenvalue weighted by Gasteiger charge is -2.13. The fraction of sp³-hybridized carbons (Fsp3) is 0.0833. The molecule has 0 aromatic heterocycles. The molecule has 0 aliphatic rings. The number of benzene rings is 3. The minimum Gasteiger partial charge on any atom is -0.481 e. The molecule has 0 aliphatic carbocycles. The Hall–Kier alpha value is -3.66. The molecule has 0 heterocycles. The minimum absolute atomic E-state index is 0.465. The van der Waals surface area contributed by atoms with E-state index in [1.807, 2.05) is 84.9 Å². The number of hydrogen-bond acceptors (Lipinski definition) is 2. The number of carboxylic acid groups (broad SMARTS) is 2. The number of carboxylic acids is 2. The van der Waals surface area contributed by atoms with Crippen molar-refractivity contribution in [2.75, 3.05) is 0 Å². The zero-order valence-corrected chi connectivity index (χ0v) is 15.2. The lowest BCUT2D eigenvalue weighted by molar-refractivity contribution is -0.146. The average Bonchev–Trinajstić information content (AvgIpc) is 2.72. The Morgan fingerprint density at radius 1 is 0.714 bits per heavy atom. The van der Waals surface area contributed by atoms with Gasteiger partial charge >= 0.3 is 11.9 Å². The van der Waals surface area contributed by atoms with Crippen LogP contribution in [0.1, 0.15) is 17.5 Å². The summed E-state index contributed by atoms with van der Waals surface area (Å²) in [6, 6.07) is 27.2. The number of aliphatic carboxylic acids is 2. The predicted octanol–water partition coefficient (Wildman–Crippen LogP) is 4.96. The summed E-state index contributed by atoms with van der Waals surface area (Å²) in [5.74, 6) is -3.41. The van der Waals surface area contributed by atoms with Crippen molar-refractivity contribution in [1.29, 1.82) is 0 Å². The van der Waals surface area contributed by atoms with Crippen LogP contribution in [0.4, 0.5) is 0 Å². The van der Waals surface area contributed by atoms with Crippen molar-refractivity contribution >= 4 is 17.5 Å². The summed E-state index contributed by atoms with van der Waals surface area (Å²) in [6.07, 6.45) is 1.07. The number of hydrogen-bond donors (Lipinski definition) is 2. The van der Waals surface area contributed by atoms with Crippen LogP contribution >= 0.6 is 0 Å². The van der Waals surface area contributed by atoms with E-state index in [0.29, 0.717) is 5.57 Å². The van der Waals surface area contributed by atoms with Gasteiger partial charge < -0.3 is 10.2 Å². The molecule has 3 aromatic carbocycles. The Bertz CT molecular complexity index is 974. The van der Waals surface area contributed by atoms with E-state index in [2.05, 4.69) is 0 Å². The van der Waals surface area contributed by atoms with Crippen molar-refractivity contribution in [2.45, 2.75) is 6.42 Å². The van der Waals surface area contributed by atoms with Crippen LogP contribution in [-0.2, 0) is 9.59 Å². The number of carbonyl (C=O) groups is 2. The van der Waals surface area contributed by atoms with E-state index >= 15 is 0 Å². The standard InChI is InChI=1S/C24H20O4/c25-23(26)16-21(24(27)28)15-22(19-9-5-2-6-10-19)20-13-11-18(12-14-20)17-7-3-1-4-8-17/h1-15,21H,16H2,(H,25,26)(H,27,28). The molecule has 0 fully saturated rings. The van der Waals surface area contributed by atoms with Gasteiger partial charge in [0.2, 0.25) is 0 Å². The SMILES string of the molecule is O=C(O)CC(C=C(c1ccccc1)c1ccc(-c2ccccc2)cc1)C(=O)O. The van der Waals surface area contributed by atoms with Crippen LogP contribution in [0.15, 0.2) is 91.0 Å². The van der Waals surface area contributed by atoms with Gasteiger partial charge in [-0.3, -0.25) is 9.59 Å². The monoisotopic (exact) mass is 372 g/mol. The second-order valence-electron chi connectivity index (χ2n) is 6.43. The Morgan fingerprint density at radius 3 is 1.75 bits per heavy atom. The molecule has 0 aliphatic heterocycles. The third-order valence-corrected chi connectivity index (χ3v) is 4.47. The van der Waals surface area contributed by atoms with E-state index in [9.17, 15) is 14.7 Å². The van der Waals surface area contributed by atoms with Crippen molar-refractivity contribution in [3.05, 3.63) is 102 Å². The van der Waals surface area contributed by atoms with Gasteiger partial charge in [0.05, 0.1) is 12.3 Å². The van der Waals surface area contributed by atoms with Gasteiger partial charge in [-0.05, 0) is 27.8 Å². The molecule has 28 heavy (non-hydrogen) atoms. The molecular formula is C24H20O4. The van der Waals surface area contributed by atoms with E-state index in [1.54, 1.807) is 0 Å². The van der Waals surface area contributed by atoms with Gasteiger partial charge in [0.25, 0.3) is 0 Å². The van der Waals surface area contributed by atoms with E-state index in [4.69, 9.17) is 5.11 Å². The molecule has 0 amide bonds. The van der Waals surface area contributed by atoms with Gasteiger partial charge in [-0.25, -0.2) is 0 Å². The van der Waals surface area contributed by atoms with Gasteiger partial charge in [-0.2, -0.15) is 0 Å². The molecule has 0 spiro atoms. The highest BCUT2D eigenvalue weighted by Gasteiger charge is 2.20. The molecule has 0 radical (unpaired) electrons. The summed E-state index contributed by atoms with van der Waals surface area (Å²) in [7, 11) is 0. The lowest BCUT2D eigenvalue weighted by Crippen LogP contribution is -2.16. The van der Waals surface area contributed by atoms with Crippen molar-refractivity contribution in [2.24, 2.45) is 5.92 Å². The first-order valence-corrected chi connectivity index (χ1v) is 8.92. The molecule has 0 bridgehead atoms. The fourth-order valence-corrected chi connectivity index (χ4v) is 3.06. The maximum Gasteiger partial charge on any atom is 0.310 e. The summed E-state index contributed by atoms with van der Waals surface area (Å²) in [5.41, 5.74) is 4.52. The molecule has 3 rings (SSSR count). The predicted molar refractivity (Wildman–Crippen MR) is 109 cm³/mol. The summed E-state index contributed by atoms with van der Waals surface area (Å²) in [4.78, 5) is 22.6. The highest BCUT2D eigenvalue weighted by molar-refractivity contribution is 5.86. The highest BCUT2D eigenvalue weighted by Crippen LogP contribution is 2.28. The van der Waals surface area contributed by atoms with Crippen molar-refractivity contribution in [3.63, 3.8) is 0 Å². The molecule has 1 atom stereocenters. The summed E-state index contributed by atoms with van der Waals surface area (Å²) < 4.78 is 0. The largest absolute Gasteiger partial charge is 0.481 e. The topological polar surface area (TPSA) is 74.6 Å². The first kappa shape index (κ1) is 19.1. The molecule has 2 N–H and O–H groups in total. The van der Waals surface area contributed by atoms with Crippen LogP contribution in [0.5, 0.6) is 0 Å². The zero-order valence-electron chi connectivity index (χ0n) is 15.2. The highest BCUT2D eigenvalue weighted by atomic mass is 16.4. The Morgan fingerprint density at radius 2 is 1.21 bits per heavy atom. The number of rotatable bonds is 7. The quantitative estimate of drug-likeness (QED) is 0.615. The normalized spacial score (nSPS) is 12.4. The fourth-order valence-electron chi connectivity index (χ4n) is 3.06. The summed E-state index contributed by atoms with van der Waals surface area (Å²) >= 11 is 0. The maximum atomic E-state index is 11.6. The maximum absolute atomic E-state index is 11.6. The van der Waals surface area contributed by atoms with Gasteiger partial charge in [-0.15, -0.1) is 0 Å². The second-order valence-corrected chi connectivity index (χ2v) is 6.43. The first-order valence-electron chi connectivity index (χ1n) is 8.92.